The minimum absolute atomic E-state index is 0.142. The molecule has 0 saturated carbocycles. The molecule has 1 aromatic rings. The molecule has 5 nitrogen and oxygen atoms in total. The van der Waals surface area contributed by atoms with E-state index in [1.165, 1.54) is 29.6 Å². The van der Waals surface area contributed by atoms with Gasteiger partial charge in [0.05, 0.1) is 18.8 Å². The van der Waals surface area contributed by atoms with Crippen LogP contribution in [-0.2, 0) is 16.0 Å². The standard InChI is InChI=1S/C27H39NO4/c1-4-5-6-9-20-18-23(31-25(29)12-8-13-28-14-16-30-17-15-28)26-21-10-7-11-22(21)27(2,3)32-24(26)19-20/h18-19H,4-17H2,1-3H3. The van der Waals surface area contributed by atoms with E-state index < -0.39 is 0 Å². The molecule has 0 amide bonds. The molecule has 0 atom stereocenters. The maximum Gasteiger partial charge on any atom is 0.311 e. The van der Waals surface area contributed by atoms with Gasteiger partial charge in [0, 0.05) is 19.5 Å². The Bertz CT molecular complexity index is 851. The number of aryl methyl sites for hydroxylation is 1. The number of hydrogen-bond acceptors (Lipinski definition) is 5. The molecule has 2 heterocycles. The molecule has 1 aliphatic carbocycles. The molecule has 32 heavy (non-hydrogen) atoms. The third-order valence-corrected chi connectivity index (χ3v) is 6.99. The van der Waals surface area contributed by atoms with Crippen LogP contribution in [0.2, 0.25) is 0 Å². The second-order valence-corrected chi connectivity index (χ2v) is 9.88. The summed E-state index contributed by atoms with van der Waals surface area (Å²) in [7, 11) is 0. The van der Waals surface area contributed by atoms with Crippen LogP contribution in [0.1, 0.15) is 83.3 Å². The first kappa shape index (κ1) is 23.3. The second-order valence-electron chi connectivity index (χ2n) is 9.88. The number of benzene rings is 1. The highest BCUT2D eigenvalue weighted by Crippen LogP contribution is 2.52. The quantitative estimate of drug-likeness (QED) is 0.286. The summed E-state index contributed by atoms with van der Waals surface area (Å²) in [5, 5.41) is 0. The van der Waals surface area contributed by atoms with Crippen molar-refractivity contribution in [1.82, 2.24) is 4.90 Å². The summed E-state index contributed by atoms with van der Waals surface area (Å²) in [5.41, 5.74) is 4.64. The summed E-state index contributed by atoms with van der Waals surface area (Å²) in [6, 6.07) is 4.28. The topological polar surface area (TPSA) is 48.0 Å². The lowest BCUT2D eigenvalue weighted by Crippen LogP contribution is -2.37. The Morgan fingerprint density at radius 1 is 1.12 bits per heavy atom. The minimum atomic E-state index is -0.291. The van der Waals surface area contributed by atoms with E-state index in [9.17, 15) is 4.79 Å². The van der Waals surface area contributed by atoms with Crippen molar-refractivity contribution in [3.63, 3.8) is 0 Å². The van der Waals surface area contributed by atoms with Crippen LogP contribution >= 0.6 is 0 Å². The molecule has 1 saturated heterocycles. The number of carbonyl (C=O) groups is 1. The van der Waals surface area contributed by atoms with E-state index in [4.69, 9.17) is 14.2 Å². The third-order valence-electron chi connectivity index (χ3n) is 6.99. The van der Waals surface area contributed by atoms with Gasteiger partial charge in [0.1, 0.15) is 17.1 Å². The van der Waals surface area contributed by atoms with Crippen molar-refractivity contribution in [3.05, 3.63) is 28.8 Å². The fourth-order valence-electron chi connectivity index (χ4n) is 5.29. The van der Waals surface area contributed by atoms with Crippen molar-refractivity contribution >= 4 is 11.5 Å². The zero-order valence-electron chi connectivity index (χ0n) is 20.1. The average molecular weight is 442 g/mol. The normalized spacial score (nSPS) is 20.0. The van der Waals surface area contributed by atoms with Crippen LogP contribution in [0.4, 0.5) is 0 Å². The van der Waals surface area contributed by atoms with Crippen LogP contribution in [0.3, 0.4) is 0 Å². The van der Waals surface area contributed by atoms with Crippen LogP contribution in [0.5, 0.6) is 11.5 Å². The van der Waals surface area contributed by atoms with E-state index in [2.05, 4.69) is 37.8 Å². The molecule has 2 aliphatic heterocycles. The zero-order chi connectivity index (χ0) is 22.6. The Labute approximate surface area is 193 Å². The molecule has 0 N–H and O–H groups in total. The van der Waals surface area contributed by atoms with E-state index in [-0.39, 0.29) is 11.6 Å². The van der Waals surface area contributed by atoms with Gasteiger partial charge in [-0.05, 0) is 87.8 Å². The van der Waals surface area contributed by atoms with Crippen molar-refractivity contribution in [2.75, 3.05) is 32.8 Å². The number of unbranched alkanes of at least 4 members (excludes halogenated alkanes) is 2. The Hall–Kier alpha value is -1.85. The molecule has 0 spiro atoms. The predicted octanol–water partition coefficient (Wildman–Crippen LogP) is 5.55. The van der Waals surface area contributed by atoms with Crippen molar-refractivity contribution in [2.45, 2.75) is 84.2 Å². The molecule has 176 valence electrons. The monoisotopic (exact) mass is 441 g/mol. The summed E-state index contributed by atoms with van der Waals surface area (Å²) in [6.07, 6.45) is 9.00. The van der Waals surface area contributed by atoms with Gasteiger partial charge in [-0.1, -0.05) is 19.8 Å². The van der Waals surface area contributed by atoms with Gasteiger partial charge in [0.25, 0.3) is 0 Å². The first-order valence-corrected chi connectivity index (χ1v) is 12.6. The molecule has 0 radical (unpaired) electrons. The van der Waals surface area contributed by atoms with Gasteiger partial charge in [0.2, 0.25) is 0 Å². The SMILES string of the molecule is CCCCCc1cc(OC(=O)CCCN2CCOCC2)c2c(c1)OC(C)(C)C1=C2CCC1. The lowest BCUT2D eigenvalue weighted by atomic mass is 9.86. The number of ether oxygens (including phenoxy) is 3. The largest absolute Gasteiger partial charge is 0.483 e. The highest BCUT2D eigenvalue weighted by Gasteiger charge is 2.39. The Morgan fingerprint density at radius 2 is 1.94 bits per heavy atom. The molecule has 0 unspecified atom stereocenters. The third kappa shape index (κ3) is 5.37. The Balaban J connectivity index is 1.51. The van der Waals surface area contributed by atoms with Gasteiger partial charge in [-0.15, -0.1) is 0 Å². The fraction of sp³-hybridized carbons (Fsp3) is 0.667. The average Bonchev–Trinajstić information content (AvgIpc) is 3.25. The smallest absolute Gasteiger partial charge is 0.311 e. The van der Waals surface area contributed by atoms with Crippen LogP contribution in [-0.4, -0.2) is 49.3 Å². The molecular weight excluding hydrogens is 402 g/mol. The number of nitrogens with zero attached hydrogens (tertiary/aromatic N) is 1. The number of rotatable bonds is 9. The van der Waals surface area contributed by atoms with E-state index in [0.29, 0.717) is 12.2 Å². The lowest BCUT2D eigenvalue weighted by Gasteiger charge is -2.35. The van der Waals surface area contributed by atoms with Crippen molar-refractivity contribution < 1.29 is 19.0 Å². The van der Waals surface area contributed by atoms with E-state index in [1.807, 2.05) is 0 Å². The van der Waals surface area contributed by atoms with Crippen LogP contribution in [0, 0.1) is 0 Å². The van der Waals surface area contributed by atoms with Gasteiger partial charge in [-0.25, -0.2) is 0 Å². The predicted molar refractivity (Wildman–Crippen MR) is 127 cm³/mol. The maximum absolute atomic E-state index is 12.8. The van der Waals surface area contributed by atoms with Gasteiger partial charge >= 0.3 is 5.97 Å². The number of hydrogen-bond donors (Lipinski definition) is 0. The van der Waals surface area contributed by atoms with Crippen molar-refractivity contribution in [1.29, 1.82) is 0 Å². The zero-order valence-corrected chi connectivity index (χ0v) is 20.1. The second kappa shape index (κ2) is 10.4. The number of esters is 1. The van der Waals surface area contributed by atoms with E-state index in [1.54, 1.807) is 0 Å². The first-order chi connectivity index (χ1) is 15.5. The highest BCUT2D eigenvalue weighted by atomic mass is 16.5. The molecule has 3 aliphatic rings. The summed E-state index contributed by atoms with van der Waals surface area (Å²) in [6.45, 7) is 10.9. The van der Waals surface area contributed by atoms with Crippen molar-refractivity contribution in [2.24, 2.45) is 0 Å². The van der Waals surface area contributed by atoms with E-state index >= 15 is 0 Å². The number of fused-ring (bicyclic) bond motifs is 2. The lowest BCUT2D eigenvalue weighted by molar-refractivity contribution is -0.134. The summed E-state index contributed by atoms with van der Waals surface area (Å²) < 4.78 is 17.9. The van der Waals surface area contributed by atoms with Gasteiger partial charge in [0.15, 0.2) is 0 Å². The molecular formula is C27H39NO4. The first-order valence-electron chi connectivity index (χ1n) is 12.6. The number of morpholine rings is 1. The highest BCUT2D eigenvalue weighted by molar-refractivity contribution is 5.84. The minimum Gasteiger partial charge on any atom is -0.483 e. The molecule has 1 aromatic carbocycles. The van der Waals surface area contributed by atoms with Crippen LogP contribution < -0.4 is 9.47 Å². The number of allylic oxidation sites excluding steroid dienone is 1. The van der Waals surface area contributed by atoms with Gasteiger partial charge < -0.3 is 14.2 Å². The summed E-state index contributed by atoms with van der Waals surface area (Å²) >= 11 is 0. The molecule has 1 fully saturated rings. The Morgan fingerprint density at radius 3 is 2.72 bits per heavy atom. The molecule has 4 rings (SSSR count). The van der Waals surface area contributed by atoms with Crippen LogP contribution in [0.15, 0.2) is 17.7 Å². The maximum atomic E-state index is 12.8. The fourth-order valence-corrected chi connectivity index (χ4v) is 5.29. The van der Waals surface area contributed by atoms with E-state index in [0.717, 1.165) is 82.7 Å². The van der Waals surface area contributed by atoms with Crippen LogP contribution in [0.25, 0.3) is 5.57 Å². The molecule has 0 aromatic heterocycles. The molecule has 5 heteroatoms. The summed E-state index contributed by atoms with van der Waals surface area (Å²) in [5.74, 6) is 1.45. The number of carbonyl (C=O) groups excluding carboxylic acids is 1. The summed E-state index contributed by atoms with van der Waals surface area (Å²) in [4.78, 5) is 15.2. The Kier molecular flexibility index (Phi) is 7.57. The molecule has 0 bridgehead atoms. The van der Waals surface area contributed by atoms with Crippen molar-refractivity contribution in [3.8, 4) is 11.5 Å². The van der Waals surface area contributed by atoms with Gasteiger partial charge in [-0.2, -0.15) is 0 Å². The van der Waals surface area contributed by atoms with Gasteiger partial charge in [-0.3, -0.25) is 9.69 Å².